The Kier molecular flexibility index (Phi) is 13.9. The maximum atomic E-state index is 2.53. The molecule has 0 aliphatic carbocycles. The zero-order chi connectivity index (χ0) is 28.7. The monoisotopic (exact) mass is 559 g/mol. The van der Waals surface area contributed by atoms with Gasteiger partial charge in [-0.2, -0.15) is 0 Å². The van der Waals surface area contributed by atoms with Gasteiger partial charge in [-0.3, -0.25) is 0 Å². The van der Waals surface area contributed by atoms with Crippen LogP contribution in [0.5, 0.6) is 0 Å². The molecule has 0 saturated carbocycles. The van der Waals surface area contributed by atoms with E-state index in [0.29, 0.717) is 0 Å². The van der Waals surface area contributed by atoms with Gasteiger partial charge in [0.05, 0.1) is 0 Å². The minimum absolute atomic E-state index is 0.644. The van der Waals surface area contributed by atoms with Gasteiger partial charge >= 0.3 is 0 Å². The van der Waals surface area contributed by atoms with Crippen LogP contribution in [-0.4, -0.2) is 39.3 Å². The van der Waals surface area contributed by atoms with Crippen molar-refractivity contribution in [2.24, 2.45) is 0 Å². The van der Waals surface area contributed by atoms with Crippen LogP contribution in [0.15, 0.2) is 72.8 Å². The van der Waals surface area contributed by atoms with Gasteiger partial charge in [0.25, 0.3) is 0 Å². The smallest absolute Gasteiger partial charge is 0.0366 e. The van der Waals surface area contributed by atoms with Crippen LogP contribution in [0.4, 0.5) is 17.1 Å². The van der Waals surface area contributed by atoms with E-state index < -0.39 is 7.92 Å². The van der Waals surface area contributed by atoms with E-state index in [1.807, 2.05) is 0 Å². The van der Waals surface area contributed by atoms with Crippen LogP contribution in [-0.2, 0) is 0 Å². The third-order valence-electron chi connectivity index (χ3n) is 7.38. The Balaban J connectivity index is 2.00. The Morgan fingerprint density at radius 1 is 0.350 bits per heavy atom. The fourth-order valence-corrected chi connectivity index (χ4v) is 7.85. The van der Waals surface area contributed by atoms with Gasteiger partial charge in [-0.25, -0.2) is 0 Å². The van der Waals surface area contributed by atoms with Crippen LogP contribution in [0.2, 0.25) is 0 Å². The molecule has 0 unspecified atom stereocenters. The lowest BCUT2D eigenvalue weighted by molar-refractivity contribution is 0.745. The average molecular weight is 560 g/mol. The molecule has 0 spiro atoms. The fourth-order valence-electron chi connectivity index (χ4n) is 5.61. The molecule has 3 aromatic carbocycles. The summed E-state index contributed by atoms with van der Waals surface area (Å²) in [6.07, 6.45) is 7.04. The van der Waals surface area contributed by atoms with E-state index in [1.165, 1.54) is 71.5 Å². The molecular weight excluding hydrogens is 505 g/mol. The van der Waals surface area contributed by atoms with Crippen LogP contribution >= 0.6 is 7.92 Å². The van der Waals surface area contributed by atoms with Gasteiger partial charge in [-0.1, -0.05) is 77.9 Å². The highest BCUT2D eigenvalue weighted by Gasteiger charge is 2.19. The molecule has 4 heteroatoms. The second kappa shape index (κ2) is 17.3. The summed E-state index contributed by atoms with van der Waals surface area (Å²) in [4.78, 5) is 7.59. The average Bonchev–Trinajstić information content (AvgIpc) is 2.98. The van der Waals surface area contributed by atoms with Crippen molar-refractivity contribution in [2.45, 2.75) is 80.1 Å². The van der Waals surface area contributed by atoms with Crippen molar-refractivity contribution < 1.29 is 0 Å². The largest absolute Gasteiger partial charge is 0.372 e. The number of anilines is 3. The molecule has 0 N–H and O–H groups in total. The number of nitrogens with zero attached hydrogens (tertiary/aromatic N) is 3. The SMILES string of the molecule is CCCN(CCC)c1ccc(P(c2ccc(N(CCC)CCC)cc2)c2ccc(N(CCC)CCC)cc2)cc1. The van der Waals surface area contributed by atoms with Crippen molar-refractivity contribution in [3.63, 3.8) is 0 Å². The molecule has 3 nitrogen and oxygen atoms in total. The second-order valence-corrected chi connectivity index (χ2v) is 13.1. The fraction of sp³-hybridized carbons (Fsp3) is 0.500. The molecule has 3 aromatic rings. The number of hydrogen-bond acceptors (Lipinski definition) is 3. The summed E-state index contributed by atoms with van der Waals surface area (Å²) in [5.74, 6) is 0. The van der Waals surface area contributed by atoms with Crippen molar-refractivity contribution in [1.82, 2.24) is 0 Å². The summed E-state index contributed by atoms with van der Waals surface area (Å²) in [5, 5.41) is 4.26. The third-order valence-corrected chi connectivity index (χ3v) is 9.82. The third kappa shape index (κ3) is 8.74. The van der Waals surface area contributed by atoms with Gasteiger partial charge < -0.3 is 14.7 Å². The van der Waals surface area contributed by atoms with Gasteiger partial charge in [-0.05, 0) is 98.8 Å². The summed E-state index contributed by atoms with van der Waals surface area (Å²) in [6.45, 7) is 20.3. The quantitative estimate of drug-likeness (QED) is 0.145. The minimum Gasteiger partial charge on any atom is -0.372 e. The zero-order valence-corrected chi connectivity index (χ0v) is 27.1. The van der Waals surface area contributed by atoms with Crippen LogP contribution in [0.25, 0.3) is 0 Å². The van der Waals surface area contributed by atoms with E-state index in [1.54, 1.807) is 0 Å². The molecule has 0 saturated heterocycles. The van der Waals surface area contributed by atoms with Crippen LogP contribution in [0.1, 0.15) is 80.1 Å². The van der Waals surface area contributed by atoms with Crippen molar-refractivity contribution >= 4 is 40.9 Å². The second-order valence-electron chi connectivity index (χ2n) is 10.8. The number of benzene rings is 3. The van der Waals surface area contributed by atoms with Crippen LogP contribution < -0.4 is 30.6 Å². The molecule has 40 heavy (non-hydrogen) atoms. The predicted molar refractivity (Wildman–Crippen MR) is 184 cm³/mol. The molecule has 0 heterocycles. The molecule has 0 aromatic heterocycles. The lowest BCUT2D eigenvalue weighted by atomic mass is 10.2. The maximum absolute atomic E-state index is 2.53. The van der Waals surface area contributed by atoms with Crippen molar-refractivity contribution in [3.05, 3.63) is 72.8 Å². The topological polar surface area (TPSA) is 9.72 Å². The summed E-state index contributed by atoms with van der Waals surface area (Å²) in [5.41, 5.74) is 4.04. The highest BCUT2D eigenvalue weighted by atomic mass is 31.1. The first-order chi connectivity index (χ1) is 19.6. The molecule has 0 fully saturated rings. The Morgan fingerprint density at radius 2 is 0.550 bits per heavy atom. The van der Waals surface area contributed by atoms with Crippen LogP contribution in [0.3, 0.4) is 0 Å². The van der Waals surface area contributed by atoms with Gasteiger partial charge in [0, 0.05) is 56.3 Å². The van der Waals surface area contributed by atoms with Crippen molar-refractivity contribution in [2.75, 3.05) is 54.0 Å². The van der Waals surface area contributed by atoms with E-state index in [0.717, 1.165) is 39.3 Å². The van der Waals surface area contributed by atoms with Crippen molar-refractivity contribution in [1.29, 1.82) is 0 Å². The van der Waals surface area contributed by atoms with E-state index in [9.17, 15) is 0 Å². The molecule has 0 bridgehead atoms. The lowest BCUT2D eigenvalue weighted by Crippen LogP contribution is -2.27. The molecule has 0 amide bonds. The van der Waals surface area contributed by atoms with Gasteiger partial charge in [0.2, 0.25) is 0 Å². The molecule has 0 aliphatic rings. The Morgan fingerprint density at radius 3 is 0.725 bits per heavy atom. The Labute approximate surface area is 247 Å². The van der Waals surface area contributed by atoms with Gasteiger partial charge in [-0.15, -0.1) is 0 Å². The molecule has 0 aliphatic heterocycles. The molecule has 0 radical (unpaired) electrons. The summed E-state index contributed by atoms with van der Waals surface area (Å²) < 4.78 is 0. The van der Waals surface area contributed by atoms with Crippen LogP contribution in [0, 0.1) is 0 Å². The summed E-state index contributed by atoms with van der Waals surface area (Å²) >= 11 is 0. The first-order valence-electron chi connectivity index (χ1n) is 15.9. The number of rotatable bonds is 18. The molecule has 0 atom stereocenters. The summed E-state index contributed by atoms with van der Waals surface area (Å²) in [6, 6.07) is 28.5. The normalized spacial score (nSPS) is 11.2. The maximum Gasteiger partial charge on any atom is 0.0366 e. The summed E-state index contributed by atoms with van der Waals surface area (Å²) in [7, 11) is -0.644. The number of hydrogen-bond donors (Lipinski definition) is 0. The van der Waals surface area contributed by atoms with E-state index in [-0.39, 0.29) is 0 Å². The first-order valence-corrected chi connectivity index (χ1v) is 17.3. The zero-order valence-electron chi connectivity index (χ0n) is 26.2. The highest BCUT2D eigenvalue weighted by molar-refractivity contribution is 7.79. The van der Waals surface area contributed by atoms with Crippen molar-refractivity contribution in [3.8, 4) is 0 Å². The van der Waals surface area contributed by atoms with E-state index in [2.05, 4.69) is 129 Å². The molecule has 218 valence electrons. The first kappa shape index (κ1) is 32.0. The Hall–Kier alpha value is -2.51. The van der Waals surface area contributed by atoms with E-state index in [4.69, 9.17) is 0 Å². The van der Waals surface area contributed by atoms with Gasteiger partial charge in [0.1, 0.15) is 0 Å². The standard InChI is InChI=1S/C36H54N3P/c1-7-25-37(26-8-2)31-13-19-34(20-14-31)40(35-21-15-32(16-22-35)38(27-9-3)28-10-4)36-23-17-33(18-24-36)39(29-11-5)30-12-6/h13-24H,7-12,25-30H2,1-6H3. The Bertz CT molecular complexity index is 919. The minimum atomic E-state index is -0.644. The predicted octanol–water partition coefficient (Wildman–Crippen LogP) is 8.32. The van der Waals surface area contributed by atoms with E-state index >= 15 is 0 Å². The lowest BCUT2D eigenvalue weighted by Gasteiger charge is -2.27. The molecule has 3 rings (SSSR count). The van der Waals surface area contributed by atoms with Gasteiger partial charge in [0.15, 0.2) is 0 Å². The highest BCUT2D eigenvalue weighted by Crippen LogP contribution is 2.35. The molecular formula is C36H54N3P.